The fourth-order valence-corrected chi connectivity index (χ4v) is 2.68. The van der Waals surface area contributed by atoms with E-state index in [1.165, 1.54) is 19.9 Å². The average molecular weight is 423 g/mol. The van der Waals surface area contributed by atoms with Gasteiger partial charge in [-0.3, -0.25) is 4.79 Å². The van der Waals surface area contributed by atoms with Gasteiger partial charge < -0.3 is 21.5 Å². The Morgan fingerprint density at radius 3 is 2.29 bits per heavy atom. The second-order valence-electron chi connectivity index (χ2n) is 4.68. The minimum absolute atomic E-state index is 0.0727. The average Bonchev–Trinajstić information content (AvgIpc) is 2.31. The Bertz CT molecular complexity index is 617. The number of nitrogens with one attached hydrogen (secondary N) is 2. The largest absolute Gasteiger partial charge is 0.478 e. The van der Waals surface area contributed by atoms with Gasteiger partial charge in [-0.1, -0.05) is 15.9 Å². The Hall–Kier alpha value is -1.61. The van der Waals surface area contributed by atoms with E-state index in [-0.39, 0.29) is 11.3 Å². The maximum Gasteiger partial charge on any atom is 0.337 e. The first-order chi connectivity index (χ1) is 9.54. The second kappa shape index (κ2) is 6.44. The Labute approximate surface area is 137 Å². The van der Waals surface area contributed by atoms with Crippen molar-refractivity contribution >= 4 is 55.5 Å². The van der Waals surface area contributed by atoms with Crippen LogP contribution in [0.3, 0.4) is 0 Å². The normalized spacial score (nSPS) is 10.9. The van der Waals surface area contributed by atoms with Crippen molar-refractivity contribution in [2.24, 2.45) is 5.73 Å². The summed E-state index contributed by atoms with van der Waals surface area (Å²) in [5.74, 6) is -1.92. The van der Waals surface area contributed by atoms with Crippen LogP contribution in [0.15, 0.2) is 21.1 Å². The monoisotopic (exact) mass is 421 g/mol. The van der Waals surface area contributed by atoms with Crippen LogP contribution in [0.4, 0.5) is 10.5 Å². The number of aromatic carboxylic acids is 1. The zero-order valence-electron chi connectivity index (χ0n) is 11.2. The van der Waals surface area contributed by atoms with E-state index in [1.807, 2.05) is 0 Å². The number of rotatable bonds is 4. The van der Waals surface area contributed by atoms with Crippen LogP contribution in [0.2, 0.25) is 0 Å². The number of anilines is 1. The molecule has 1 rings (SSSR count). The van der Waals surface area contributed by atoms with E-state index < -0.39 is 23.4 Å². The molecular formula is C12H13Br2N3O4. The molecule has 0 saturated heterocycles. The molecule has 5 N–H and O–H groups in total. The number of halogens is 2. The van der Waals surface area contributed by atoms with Crippen molar-refractivity contribution in [3.8, 4) is 0 Å². The van der Waals surface area contributed by atoms with Gasteiger partial charge in [-0.15, -0.1) is 0 Å². The molecule has 0 saturated carbocycles. The number of benzene rings is 1. The number of carbonyl (C=O) groups excluding carboxylic acids is 2. The van der Waals surface area contributed by atoms with Crippen molar-refractivity contribution in [1.29, 1.82) is 0 Å². The molecule has 0 aliphatic carbocycles. The van der Waals surface area contributed by atoms with Crippen LogP contribution in [-0.2, 0) is 4.79 Å². The molecule has 0 atom stereocenters. The molecule has 3 amide bonds. The first-order valence-electron chi connectivity index (χ1n) is 5.66. The van der Waals surface area contributed by atoms with Crippen molar-refractivity contribution in [1.82, 2.24) is 5.32 Å². The fourth-order valence-electron chi connectivity index (χ4n) is 1.36. The van der Waals surface area contributed by atoms with E-state index in [9.17, 15) is 14.4 Å². The molecule has 0 radical (unpaired) electrons. The quantitative estimate of drug-likeness (QED) is 0.594. The summed E-state index contributed by atoms with van der Waals surface area (Å²) in [4.78, 5) is 34.3. The van der Waals surface area contributed by atoms with Crippen LogP contribution in [0, 0.1) is 0 Å². The lowest BCUT2D eigenvalue weighted by Crippen LogP contribution is -2.54. The second-order valence-corrected chi connectivity index (χ2v) is 6.45. The number of amides is 3. The van der Waals surface area contributed by atoms with Gasteiger partial charge in [-0.2, -0.15) is 0 Å². The molecule has 0 spiro atoms. The smallest absolute Gasteiger partial charge is 0.337 e. The minimum atomic E-state index is -1.27. The highest BCUT2D eigenvalue weighted by molar-refractivity contribution is 9.11. The maximum absolute atomic E-state index is 11.9. The molecule has 21 heavy (non-hydrogen) atoms. The number of hydrogen-bond donors (Lipinski definition) is 4. The van der Waals surface area contributed by atoms with E-state index in [4.69, 9.17) is 10.8 Å². The van der Waals surface area contributed by atoms with Crippen LogP contribution in [0.25, 0.3) is 0 Å². The van der Waals surface area contributed by atoms with Gasteiger partial charge in [0.25, 0.3) is 0 Å². The zero-order chi connectivity index (χ0) is 16.4. The van der Waals surface area contributed by atoms with Crippen LogP contribution < -0.4 is 16.4 Å². The predicted molar refractivity (Wildman–Crippen MR) is 84.2 cm³/mol. The third-order valence-corrected chi connectivity index (χ3v) is 3.65. The highest BCUT2D eigenvalue weighted by Gasteiger charge is 2.27. The summed E-state index contributed by atoms with van der Waals surface area (Å²) in [5.41, 5.74) is 3.84. The molecule has 0 bridgehead atoms. The van der Waals surface area contributed by atoms with Crippen LogP contribution in [-0.4, -0.2) is 28.6 Å². The van der Waals surface area contributed by atoms with Crippen molar-refractivity contribution in [2.75, 3.05) is 5.32 Å². The van der Waals surface area contributed by atoms with Crippen molar-refractivity contribution in [3.63, 3.8) is 0 Å². The molecule has 1 aromatic carbocycles. The topological polar surface area (TPSA) is 122 Å². The molecule has 1 aromatic rings. The number of carbonyl (C=O) groups is 3. The third-order valence-electron chi connectivity index (χ3n) is 2.57. The first kappa shape index (κ1) is 17.4. The predicted octanol–water partition coefficient (Wildman–Crippen LogP) is 2.30. The van der Waals surface area contributed by atoms with Gasteiger partial charge in [0.2, 0.25) is 5.91 Å². The molecule has 0 heterocycles. The van der Waals surface area contributed by atoms with Crippen LogP contribution in [0.1, 0.15) is 24.2 Å². The number of urea groups is 1. The van der Waals surface area contributed by atoms with Crippen LogP contribution >= 0.6 is 31.9 Å². The molecule has 0 aliphatic heterocycles. The molecule has 0 aliphatic rings. The van der Waals surface area contributed by atoms with Gasteiger partial charge in [0, 0.05) is 8.95 Å². The fraction of sp³-hybridized carbons (Fsp3) is 0.250. The Morgan fingerprint density at radius 1 is 1.24 bits per heavy atom. The Balaban J connectivity index is 3.06. The van der Waals surface area contributed by atoms with E-state index in [2.05, 4.69) is 42.5 Å². The van der Waals surface area contributed by atoms with Gasteiger partial charge in [0.15, 0.2) is 0 Å². The highest BCUT2D eigenvalue weighted by atomic mass is 79.9. The Kier molecular flexibility index (Phi) is 5.35. The number of primary amides is 1. The highest BCUT2D eigenvalue weighted by Crippen LogP contribution is 2.30. The van der Waals surface area contributed by atoms with E-state index in [0.29, 0.717) is 8.95 Å². The summed E-state index contributed by atoms with van der Waals surface area (Å²) >= 11 is 6.34. The van der Waals surface area contributed by atoms with Crippen molar-refractivity contribution < 1.29 is 19.5 Å². The van der Waals surface area contributed by atoms with Gasteiger partial charge in [-0.05, 0) is 41.9 Å². The number of hydrogen-bond acceptors (Lipinski definition) is 3. The molecule has 7 nitrogen and oxygen atoms in total. The van der Waals surface area contributed by atoms with Gasteiger partial charge in [0.05, 0.1) is 11.3 Å². The summed E-state index contributed by atoms with van der Waals surface area (Å²) in [6.45, 7) is 2.87. The Morgan fingerprint density at radius 2 is 1.81 bits per heavy atom. The lowest BCUT2D eigenvalue weighted by atomic mass is 10.1. The summed E-state index contributed by atoms with van der Waals surface area (Å²) in [6.07, 6.45) is 0. The molecule has 0 aromatic heterocycles. The molecular weight excluding hydrogens is 410 g/mol. The zero-order valence-corrected chi connectivity index (χ0v) is 14.3. The SMILES string of the molecule is CC(C)(NC(=O)Nc1c(Br)cc(Br)cc1C(=O)O)C(N)=O. The number of nitrogens with two attached hydrogens (primary N) is 1. The maximum atomic E-state index is 11.9. The standard InChI is InChI=1S/C12H13Br2N3O4/c1-12(2,10(15)20)17-11(21)16-8-6(9(18)19)3-5(13)4-7(8)14/h3-4H,1-2H3,(H2,15,20)(H,18,19)(H2,16,17,21). The van der Waals surface area contributed by atoms with E-state index in [1.54, 1.807) is 6.07 Å². The summed E-state index contributed by atoms with van der Waals surface area (Å²) in [5, 5.41) is 13.9. The van der Waals surface area contributed by atoms with Crippen molar-refractivity contribution in [3.05, 3.63) is 26.6 Å². The molecule has 0 unspecified atom stereocenters. The number of carboxylic acid groups (broad SMARTS) is 1. The van der Waals surface area contributed by atoms with E-state index >= 15 is 0 Å². The van der Waals surface area contributed by atoms with Gasteiger partial charge in [0.1, 0.15) is 5.54 Å². The summed E-state index contributed by atoms with van der Waals surface area (Å²) < 4.78 is 0.913. The lowest BCUT2D eigenvalue weighted by Gasteiger charge is -2.23. The first-order valence-corrected chi connectivity index (χ1v) is 7.24. The van der Waals surface area contributed by atoms with Crippen LogP contribution in [0.5, 0.6) is 0 Å². The summed E-state index contributed by atoms with van der Waals surface area (Å²) in [6, 6.07) is 2.19. The van der Waals surface area contributed by atoms with E-state index in [0.717, 1.165) is 0 Å². The molecule has 0 fully saturated rings. The molecule has 114 valence electrons. The van der Waals surface area contributed by atoms with Gasteiger partial charge >= 0.3 is 12.0 Å². The number of carboxylic acids is 1. The van der Waals surface area contributed by atoms with Crippen molar-refractivity contribution in [2.45, 2.75) is 19.4 Å². The minimum Gasteiger partial charge on any atom is -0.478 e. The molecule has 9 heteroatoms. The summed E-state index contributed by atoms with van der Waals surface area (Å²) in [7, 11) is 0. The lowest BCUT2D eigenvalue weighted by molar-refractivity contribution is -0.122. The van der Waals surface area contributed by atoms with Gasteiger partial charge in [-0.25, -0.2) is 9.59 Å². The third kappa shape index (κ3) is 4.43.